The summed E-state index contributed by atoms with van der Waals surface area (Å²) in [5.74, 6) is 0.594. The number of hydrogen-bond acceptors (Lipinski definition) is 7. The zero-order valence-corrected chi connectivity index (χ0v) is 21.4. The molecule has 2 heterocycles. The van der Waals surface area contributed by atoms with E-state index >= 15 is 0 Å². The molecular weight excluding hydrogens is 488 g/mol. The largest absolute Gasteiger partial charge is 0.493 e. The molecule has 0 spiro atoms. The first-order chi connectivity index (χ1) is 16.9. The highest BCUT2D eigenvalue weighted by atomic mass is 35.5. The van der Waals surface area contributed by atoms with Crippen LogP contribution in [0.15, 0.2) is 63.5 Å². The van der Waals surface area contributed by atoms with Crippen molar-refractivity contribution in [3.05, 3.63) is 89.6 Å². The number of aromatic nitrogens is 1. The van der Waals surface area contributed by atoms with Gasteiger partial charge in [-0.15, -0.1) is 0 Å². The molecule has 1 aliphatic rings. The predicted molar refractivity (Wildman–Crippen MR) is 136 cm³/mol. The fourth-order valence-corrected chi connectivity index (χ4v) is 5.31. The average Bonchev–Trinajstić information content (AvgIpc) is 3.14. The molecule has 0 bridgehead atoms. The first-order valence-electron chi connectivity index (χ1n) is 11.1. The molecule has 0 amide bonds. The highest BCUT2D eigenvalue weighted by Gasteiger charge is 2.34. The topological polar surface area (TPSA) is 79.1 Å². The van der Waals surface area contributed by atoms with Crippen LogP contribution >= 0.6 is 22.9 Å². The van der Waals surface area contributed by atoms with Crippen LogP contribution in [0.25, 0.3) is 6.08 Å². The Bertz CT molecular complexity index is 1490. The second-order valence-corrected chi connectivity index (χ2v) is 9.05. The van der Waals surface area contributed by atoms with Crippen LogP contribution in [0.3, 0.4) is 0 Å². The van der Waals surface area contributed by atoms with Gasteiger partial charge in [0, 0.05) is 10.6 Å². The second-order valence-electron chi connectivity index (χ2n) is 7.64. The standard InChI is InChI=1S/C26H25ClN2O5S/c1-5-33-23-16(10-9-13-19(23)32-4)14-20-24(30)29-22(17-11-7-8-12-18(17)27)21(25(31)34-6-2)15(3)28-26(29)35-20/h7-14,22H,5-6H2,1-4H3/b20-14-/t22-/m0/s1. The Morgan fingerprint density at radius 3 is 2.63 bits per heavy atom. The molecule has 35 heavy (non-hydrogen) atoms. The minimum atomic E-state index is -0.766. The Hall–Kier alpha value is -3.36. The van der Waals surface area contributed by atoms with Gasteiger partial charge in [0.15, 0.2) is 16.3 Å². The molecule has 0 unspecified atom stereocenters. The first-order valence-corrected chi connectivity index (χ1v) is 12.3. The zero-order valence-electron chi connectivity index (χ0n) is 19.8. The van der Waals surface area contributed by atoms with E-state index in [1.807, 2.05) is 25.1 Å². The Morgan fingerprint density at radius 2 is 1.94 bits per heavy atom. The van der Waals surface area contributed by atoms with E-state index < -0.39 is 12.0 Å². The Balaban J connectivity index is 1.98. The number of ether oxygens (including phenoxy) is 3. The van der Waals surface area contributed by atoms with Crippen molar-refractivity contribution < 1.29 is 19.0 Å². The van der Waals surface area contributed by atoms with Crippen LogP contribution in [-0.2, 0) is 9.53 Å². The van der Waals surface area contributed by atoms with Crippen molar-refractivity contribution in [2.45, 2.75) is 26.8 Å². The lowest BCUT2D eigenvalue weighted by molar-refractivity contribution is -0.139. The lowest BCUT2D eigenvalue weighted by Gasteiger charge is -2.25. The molecule has 7 nitrogen and oxygen atoms in total. The molecule has 0 aliphatic carbocycles. The van der Waals surface area contributed by atoms with Crippen molar-refractivity contribution in [1.29, 1.82) is 0 Å². The maximum absolute atomic E-state index is 13.8. The number of halogens is 1. The summed E-state index contributed by atoms with van der Waals surface area (Å²) in [5.41, 5.74) is 1.80. The molecule has 0 saturated heterocycles. The van der Waals surface area contributed by atoms with Gasteiger partial charge in [-0.3, -0.25) is 9.36 Å². The van der Waals surface area contributed by atoms with Crippen LogP contribution in [0.1, 0.15) is 37.9 Å². The molecule has 1 aliphatic heterocycles. The number of methoxy groups -OCH3 is 1. The van der Waals surface area contributed by atoms with Crippen molar-refractivity contribution in [1.82, 2.24) is 4.57 Å². The van der Waals surface area contributed by atoms with Crippen molar-refractivity contribution in [3.8, 4) is 11.5 Å². The summed E-state index contributed by atoms with van der Waals surface area (Å²) in [6, 6.07) is 11.9. The summed E-state index contributed by atoms with van der Waals surface area (Å²) in [7, 11) is 1.57. The van der Waals surface area contributed by atoms with Gasteiger partial charge in [0.05, 0.1) is 36.1 Å². The normalized spacial score (nSPS) is 15.5. The van der Waals surface area contributed by atoms with Gasteiger partial charge in [-0.2, -0.15) is 0 Å². The smallest absolute Gasteiger partial charge is 0.338 e. The molecule has 0 saturated carbocycles. The van der Waals surface area contributed by atoms with E-state index in [1.165, 1.54) is 15.9 Å². The van der Waals surface area contributed by atoms with Crippen molar-refractivity contribution in [2.24, 2.45) is 4.99 Å². The lowest BCUT2D eigenvalue weighted by Crippen LogP contribution is -2.40. The fourth-order valence-electron chi connectivity index (χ4n) is 4.03. The second kappa shape index (κ2) is 10.5. The summed E-state index contributed by atoms with van der Waals surface area (Å²) in [6.07, 6.45) is 1.75. The summed E-state index contributed by atoms with van der Waals surface area (Å²) in [4.78, 5) is 31.8. The van der Waals surface area contributed by atoms with E-state index in [4.69, 9.17) is 25.8 Å². The molecule has 1 atom stereocenters. The zero-order chi connectivity index (χ0) is 25.1. The molecule has 0 fully saturated rings. The summed E-state index contributed by atoms with van der Waals surface area (Å²) >= 11 is 7.78. The van der Waals surface area contributed by atoms with Gasteiger partial charge in [0.25, 0.3) is 5.56 Å². The number of allylic oxidation sites excluding steroid dienone is 1. The lowest BCUT2D eigenvalue weighted by atomic mass is 9.96. The van der Waals surface area contributed by atoms with Gasteiger partial charge in [-0.05, 0) is 44.5 Å². The van der Waals surface area contributed by atoms with E-state index in [9.17, 15) is 9.59 Å². The molecule has 4 rings (SSSR count). The molecule has 1 aromatic heterocycles. The van der Waals surface area contributed by atoms with Crippen LogP contribution in [0.5, 0.6) is 11.5 Å². The minimum absolute atomic E-state index is 0.200. The summed E-state index contributed by atoms with van der Waals surface area (Å²) < 4.78 is 18.5. The Kier molecular flexibility index (Phi) is 7.42. The quantitative estimate of drug-likeness (QED) is 0.449. The Morgan fingerprint density at radius 1 is 1.17 bits per heavy atom. The van der Waals surface area contributed by atoms with Crippen LogP contribution in [0.4, 0.5) is 0 Å². The fraction of sp³-hybridized carbons (Fsp3) is 0.269. The number of thiazole rings is 1. The molecule has 0 N–H and O–H groups in total. The van der Waals surface area contributed by atoms with Gasteiger partial charge < -0.3 is 14.2 Å². The van der Waals surface area contributed by atoms with Gasteiger partial charge in [0.1, 0.15) is 6.04 Å². The van der Waals surface area contributed by atoms with E-state index in [1.54, 1.807) is 51.3 Å². The number of hydrogen-bond donors (Lipinski definition) is 0. The number of benzene rings is 2. The first kappa shape index (κ1) is 24.8. The van der Waals surface area contributed by atoms with Crippen molar-refractivity contribution in [2.75, 3.05) is 20.3 Å². The molecule has 0 radical (unpaired) electrons. The van der Waals surface area contributed by atoms with Gasteiger partial charge >= 0.3 is 5.97 Å². The highest BCUT2D eigenvalue weighted by molar-refractivity contribution is 7.07. The Labute approximate surface area is 211 Å². The SMILES string of the molecule is CCOC(=O)C1=C(C)N=c2s/c(=C\c3cccc(OC)c3OCC)c(=O)n2[C@H]1c1ccccc1Cl. The monoisotopic (exact) mass is 512 g/mol. The third-order valence-electron chi connectivity index (χ3n) is 5.52. The maximum atomic E-state index is 13.8. The van der Waals surface area contributed by atoms with E-state index in [0.717, 1.165) is 0 Å². The van der Waals surface area contributed by atoms with Crippen molar-refractivity contribution in [3.63, 3.8) is 0 Å². The molecule has 2 aromatic carbocycles. The average molecular weight is 513 g/mol. The molecule has 182 valence electrons. The maximum Gasteiger partial charge on any atom is 0.338 e. The highest BCUT2D eigenvalue weighted by Crippen LogP contribution is 2.35. The number of rotatable bonds is 7. The number of esters is 1. The third-order valence-corrected chi connectivity index (χ3v) is 6.85. The van der Waals surface area contributed by atoms with E-state index in [0.29, 0.717) is 49.3 Å². The molecule has 3 aromatic rings. The van der Waals surface area contributed by atoms with Gasteiger partial charge in [-0.25, -0.2) is 9.79 Å². The number of fused-ring (bicyclic) bond motifs is 1. The third kappa shape index (κ3) is 4.63. The number of carbonyl (C=O) groups is 1. The van der Waals surface area contributed by atoms with Gasteiger partial charge in [-0.1, -0.05) is 53.3 Å². The number of para-hydroxylation sites is 1. The van der Waals surface area contributed by atoms with E-state index in [2.05, 4.69) is 4.99 Å². The van der Waals surface area contributed by atoms with Crippen LogP contribution in [0, 0.1) is 0 Å². The van der Waals surface area contributed by atoms with Crippen LogP contribution < -0.4 is 24.4 Å². The molecular formula is C26H25ClN2O5S. The van der Waals surface area contributed by atoms with Crippen LogP contribution in [-0.4, -0.2) is 30.9 Å². The number of carbonyl (C=O) groups excluding carboxylic acids is 1. The van der Waals surface area contributed by atoms with Crippen LogP contribution in [0.2, 0.25) is 5.02 Å². The van der Waals surface area contributed by atoms with Crippen molar-refractivity contribution >= 4 is 35.0 Å². The van der Waals surface area contributed by atoms with Gasteiger partial charge in [0.2, 0.25) is 0 Å². The summed E-state index contributed by atoms with van der Waals surface area (Å²) in [5, 5.41) is 0.440. The number of nitrogens with zero attached hydrogens (tertiary/aromatic N) is 2. The minimum Gasteiger partial charge on any atom is -0.493 e. The van der Waals surface area contributed by atoms with E-state index in [-0.39, 0.29) is 17.7 Å². The summed E-state index contributed by atoms with van der Waals surface area (Å²) in [6.45, 7) is 6.00. The molecule has 9 heteroatoms. The predicted octanol–water partition coefficient (Wildman–Crippen LogP) is 3.86.